The van der Waals surface area contributed by atoms with E-state index in [1.807, 2.05) is 30.3 Å². The van der Waals surface area contributed by atoms with Gasteiger partial charge in [0.05, 0.1) is 0 Å². The summed E-state index contributed by atoms with van der Waals surface area (Å²) in [7, 11) is -3.58. The fourth-order valence-electron chi connectivity index (χ4n) is 2.32. The van der Waals surface area contributed by atoms with Gasteiger partial charge in [-0.25, -0.2) is 13.1 Å². The quantitative estimate of drug-likeness (QED) is 0.830. The Labute approximate surface area is 118 Å². The van der Waals surface area contributed by atoms with Crippen LogP contribution in [0.1, 0.15) is 31.2 Å². The zero-order valence-corrected chi connectivity index (χ0v) is 11.9. The SMILES string of the molecule is NC(=O)CC1(NS(=O)(=O)C=Cc2ccccc2)CCC1. The predicted molar refractivity (Wildman–Crippen MR) is 77.9 cm³/mol. The van der Waals surface area contributed by atoms with Crippen LogP contribution in [0.5, 0.6) is 0 Å². The molecule has 0 atom stereocenters. The Morgan fingerprint density at radius 3 is 2.45 bits per heavy atom. The molecule has 1 aromatic carbocycles. The van der Waals surface area contributed by atoms with Crippen molar-refractivity contribution in [3.63, 3.8) is 0 Å². The largest absolute Gasteiger partial charge is 0.370 e. The number of amides is 1. The van der Waals surface area contributed by atoms with E-state index in [1.165, 1.54) is 6.08 Å². The number of primary amides is 1. The summed E-state index contributed by atoms with van der Waals surface area (Å²) in [5.74, 6) is -0.487. The zero-order chi connectivity index (χ0) is 14.6. The van der Waals surface area contributed by atoms with Crippen molar-refractivity contribution in [1.29, 1.82) is 0 Å². The lowest BCUT2D eigenvalue weighted by Crippen LogP contribution is -2.54. The first-order valence-electron chi connectivity index (χ1n) is 6.46. The lowest BCUT2D eigenvalue weighted by molar-refractivity contribution is -0.120. The molecule has 20 heavy (non-hydrogen) atoms. The molecule has 0 unspecified atom stereocenters. The van der Waals surface area contributed by atoms with Crippen molar-refractivity contribution < 1.29 is 13.2 Å². The van der Waals surface area contributed by atoms with Crippen LogP contribution >= 0.6 is 0 Å². The van der Waals surface area contributed by atoms with Crippen molar-refractivity contribution in [2.24, 2.45) is 5.73 Å². The number of hydrogen-bond donors (Lipinski definition) is 2. The maximum absolute atomic E-state index is 12.0. The number of carbonyl (C=O) groups excluding carboxylic acids is 1. The maximum atomic E-state index is 12.0. The van der Waals surface area contributed by atoms with Gasteiger partial charge in [-0.05, 0) is 30.9 Å². The van der Waals surface area contributed by atoms with Crippen molar-refractivity contribution in [2.45, 2.75) is 31.2 Å². The first kappa shape index (κ1) is 14.7. The van der Waals surface area contributed by atoms with E-state index in [-0.39, 0.29) is 6.42 Å². The summed E-state index contributed by atoms with van der Waals surface area (Å²) in [5, 5.41) is 1.13. The van der Waals surface area contributed by atoms with Gasteiger partial charge in [0.15, 0.2) is 0 Å². The van der Waals surface area contributed by atoms with E-state index in [9.17, 15) is 13.2 Å². The third kappa shape index (κ3) is 3.91. The van der Waals surface area contributed by atoms with Gasteiger partial charge in [0.2, 0.25) is 15.9 Å². The molecule has 0 bridgehead atoms. The molecule has 0 spiro atoms. The molecule has 1 aromatic rings. The summed E-state index contributed by atoms with van der Waals surface area (Å²) >= 11 is 0. The molecular weight excluding hydrogens is 276 g/mol. The minimum atomic E-state index is -3.58. The summed E-state index contributed by atoms with van der Waals surface area (Å²) in [6, 6.07) is 9.16. The van der Waals surface area contributed by atoms with Gasteiger partial charge >= 0.3 is 0 Å². The molecule has 0 aliphatic heterocycles. The van der Waals surface area contributed by atoms with E-state index in [2.05, 4.69) is 4.72 Å². The smallest absolute Gasteiger partial charge is 0.234 e. The monoisotopic (exact) mass is 294 g/mol. The van der Waals surface area contributed by atoms with Gasteiger partial charge in [0.1, 0.15) is 0 Å². The summed E-state index contributed by atoms with van der Waals surface area (Å²) in [5.41, 5.74) is 5.29. The first-order valence-corrected chi connectivity index (χ1v) is 8.01. The maximum Gasteiger partial charge on any atom is 0.234 e. The molecule has 6 heteroatoms. The summed E-state index contributed by atoms with van der Waals surface area (Å²) in [6.45, 7) is 0. The van der Waals surface area contributed by atoms with Gasteiger partial charge in [-0.15, -0.1) is 0 Å². The Hall–Kier alpha value is -1.66. The average molecular weight is 294 g/mol. The van der Waals surface area contributed by atoms with Crippen LogP contribution < -0.4 is 10.5 Å². The molecule has 1 aliphatic carbocycles. The van der Waals surface area contributed by atoms with Crippen molar-refractivity contribution in [3.8, 4) is 0 Å². The second-order valence-electron chi connectivity index (χ2n) is 5.14. The molecule has 0 aromatic heterocycles. The molecule has 5 nitrogen and oxygen atoms in total. The van der Waals surface area contributed by atoms with Crippen molar-refractivity contribution in [3.05, 3.63) is 41.3 Å². The number of hydrogen-bond acceptors (Lipinski definition) is 3. The van der Waals surface area contributed by atoms with Gasteiger partial charge in [0.25, 0.3) is 0 Å². The normalized spacial score (nSPS) is 17.8. The fourth-order valence-corrected chi connectivity index (χ4v) is 3.60. The topological polar surface area (TPSA) is 89.3 Å². The minimum Gasteiger partial charge on any atom is -0.370 e. The molecular formula is C14H18N2O3S. The zero-order valence-electron chi connectivity index (χ0n) is 11.1. The molecule has 0 saturated heterocycles. The van der Waals surface area contributed by atoms with Crippen LogP contribution in [-0.4, -0.2) is 19.9 Å². The van der Waals surface area contributed by atoms with E-state index in [1.54, 1.807) is 0 Å². The number of rotatable bonds is 6. The Morgan fingerprint density at radius 1 is 1.30 bits per heavy atom. The highest BCUT2D eigenvalue weighted by Crippen LogP contribution is 2.35. The van der Waals surface area contributed by atoms with E-state index >= 15 is 0 Å². The molecule has 0 heterocycles. The Kier molecular flexibility index (Phi) is 4.25. The second-order valence-corrected chi connectivity index (χ2v) is 6.70. The van der Waals surface area contributed by atoms with Crippen molar-refractivity contribution in [2.75, 3.05) is 0 Å². The van der Waals surface area contributed by atoms with Crippen LogP contribution in [0.25, 0.3) is 6.08 Å². The second kappa shape index (κ2) is 5.76. The highest BCUT2D eigenvalue weighted by atomic mass is 32.2. The van der Waals surface area contributed by atoms with Gasteiger partial charge in [-0.3, -0.25) is 4.79 Å². The Bertz CT molecular complexity index is 605. The number of nitrogens with one attached hydrogen (secondary N) is 1. The van der Waals surface area contributed by atoms with Crippen LogP contribution in [0.15, 0.2) is 35.7 Å². The van der Waals surface area contributed by atoms with Gasteiger partial charge in [-0.1, -0.05) is 30.3 Å². The Balaban J connectivity index is 2.07. The molecule has 108 valence electrons. The van der Waals surface area contributed by atoms with Crippen LogP contribution in [-0.2, 0) is 14.8 Å². The fraction of sp³-hybridized carbons (Fsp3) is 0.357. The third-order valence-electron chi connectivity index (χ3n) is 3.42. The summed E-state index contributed by atoms with van der Waals surface area (Å²) in [4.78, 5) is 11.0. The molecule has 0 radical (unpaired) electrons. The summed E-state index contributed by atoms with van der Waals surface area (Å²) in [6.07, 6.45) is 3.77. The predicted octanol–water partition coefficient (Wildman–Crippen LogP) is 1.37. The number of carbonyl (C=O) groups is 1. The number of sulfonamides is 1. The van der Waals surface area contributed by atoms with E-state index < -0.39 is 21.5 Å². The van der Waals surface area contributed by atoms with Crippen LogP contribution in [0.3, 0.4) is 0 Å². The minimum absolute atomic E-state index is 0.0470. The van der Waals surface area contributed by atoms with E-state index in [4.69, 9.17) is 5.73 Å². The highest BCUT2D eigenvalue weighted by Gasteiger charge is 2.41. The van der Waals surface area contributed by atoms with Gasteiger partial charge in [0, 0.05) is 17.4 Å². The van der Waals surface area contributed by atoms with Crippen LogP contribution in [0, 0.1) is 0 Å². The highest BCUT2D eigenvalue weighted by molar-refractivity contribution is 7.92. The van der Waals surface area contributed by atoms with Gasteiger partial charge in [-0.2, -0.15) is 0 Å². The van der Waals surface area contributed by atoms with Crippen LogP contribution in [0.4, 0.5) is 0 Å². The molecule has 1 amide bonds. The van der Waals surface area contributed by atoms with Crippen LogP contribution in [0.2, 0.25) is 0 Å². The molecule has 1 saturated carbocycles. The first-order chi connectivity index (χ1) is 9.41. The van der Waals surface area contributed by atoms with E-state index in [0.717, 1.165) is 17.4 Å². The summed E-state index contributed by atoms with van der Waals surface area (Å²) < 4.78 is 26.7. The lowest BCUT2D eigenvalue weighted by Gasteiger charge is -2.40. The van der Waals surface area contributed by atoms with Crippen molar-refractivity contribution in [1.82, 2.24) is 4.72 Å². The number of nitrogens with two attached hydrogens (primary N) is 1. The Morgan fingerprint density at radius 2 is 1.95 bits per heavy atom. The van der Waals surface area contributed by atoms with E-state index in [0.29, 0.717) is 12.8 Å². The average Bonchev–Trinajstić information content (AvgIpc) is 2.34. The molecule has 3 N–H and O–H groups in total. The third-order valence-corrected chi connectivity index (χ3v) is 4.63. The number of benzene rings is 1. The van der Waals surface area contributed by atoms with Crippen molar-refractivity contribution >= 4 is 22.0 Å². The molecule has 1 aliphatic rings. The lowest BCUT2D eigenvalue weighted by atomic mass is 9.75. The molecule has 2 rings (SSSR count). The van der Waals surface area contributed by atoms with Gasteiger partial charge < -0.3 is 5.73 Å². The molecule has 1 fully saturated rings. The standard InChI is InChI=1S/C14H18N2O3S/c15-13(17)11-14(8-4-9-14)16-20(18,19)10-7-12-5-2-1-3-6-12/h1-3,5-7,10,16H,4,8-9,11H2,(H2,15,17).